The normalized spacial score (nSPS) is 11.8. The fourth-order valence-corrected chi connectivity index (χ4v) is 1.48. The molecule has 0 aromatic heterocycles. The number of amides is 1. The summed E-state index contributed by atoms with van der Waals surface area (Å²) in [6.45, 7) is 1.91. The van der Waals surface area contributed by atoms with Crippen LogP contribution in [0.5, 0.6) is 0 Å². The molecule has 1 aromatic rings. The molecule has 104 valence electrons. The maximum Gasteiger partial charge on any atom is 0.306 e. The Morgan fingerprint density at radius 2 is 2.25 bits per heavy atom. The lowest BCUT2D eigenvalue weighted by molar-refractivity contribution is -0.141. The van der Waals surface area contributed by atoms with E-state index in [0.717, 1.165) is 5.56 Å². The molecule has 1 unspecified atom stereocenters. The molecular formula is C15H16N2O3. The first-order chi connectivity index (χ1) is 9.52. The molecule has 0 aliphatic carbocycles. The predicted molar refractivity (Wildman–Crippen MR) is 74.6 cm³/mol. The lowest BCUT2D eigenvalue weighted by atomic mass is 10.1. The summed E-state index contributed by atoms with van der Waals surface area (Å²) >= 11 is 0. The van der Waals surface area contributed by atoms with Crippen LogP contribution in [0.3, 0.4) is 0 Å². The zero-order valence-corrected chi connectivity index (χ0v) is 11.2. The summed E-state index contributed by atoms with van der Waals surface area (Å²) in [6.07, 6.45) is 3.36. The van der Waals surface area contributed by atoms with Crippen LogP contribution in [0.1, 0.15) is 24.5 Å². The second-order valence-corrected chi connectivity index (χ2v) is 4.39. The molecule has 5 nitrogen and oxygen atoms in total. The van der Waals surface area contributed by atoms with Crippen LogP contribution >= 0.6 is 0 Å². The van der Waals surface area contributed by atoms with Gasteiger partial charge in [0.1, 0.15) is 0 Å². The van der Waals surface area contributed by atoms with Crippen molar-refractivity contribution in [3.63, 3.8) is 0 Å². The Balaban J connectivity index is 2.44. The zero-order chi connectivity index (χ0) is 15.0. The lowest BCUT2D eigenvalue weighted by Crippen LogP contribution is -2.25. The van der Waals surface area contributed by atoms with Crippen molar-refractivity contribution in [2.45, 2.75) is 13.3 Å². The molecule has 0 aliphatic heterocycles. The van der Waals surface area contributed by atoms with Gasteiger partial charge in [-0.15, -0.1) is 0 Å². The molecule has 0 saturated carbocycles. The Bertz CT molecular complexity index is 558. The molecule has 1 rings (SSSR count). The van der Waals surface area contributed by atoms with Crippen molar-refractivity contribution >= 4 is 18.0 Å². The standard InChI is InChI=1S/C15H16N2O3/c1-11(15(19)20)7-8-17-14(18)6-5-12-3-2-4-13(9-12)10-16/h2-6,9,11H,7-8H2,1H3,(H,17,18)(H,19,20)/b6-5+. The van der Waals surface area contributed by atoms with Crippen molar-refractivity contribution in [3.05, 3.63) is 41.5 Å². The molecule has 20 heavy (non-hydrogen) atoms. The maximum absolute atomic E-state index is 11.5. The molecule has 0 heterocycles. The summed E-state index contributed by atoms with van der Waals surface area (Å²) in [5.41, 5.74) is 1.29. The highest BCUT2D eigenvalue weighted by Gasteiger charge is 2.09. The van der Waals surface area contributed by atoms with E-state index in [0.29, 0.717) is 18.5 Å². The number of aliphatic carboxylic acids is 1. The fraction of sp³-hybridized carbons (Fsp3) is 0.267. The Morgan fingerprint density at radius 1 is 1.50 bits per heavy atom. The third-order valence-corrected chi connectivity index (χ3v) is 2.74. The van der Waals surface area contributed by atoms with Crippen molar-refractivity contribution in [3.8, 4) is 6.07 Å². The molecule has 0 saturated heterocycles. The quantitative estimate of drug-likeness (QED) is 0.772. The van der Waals surface area contributed by atoms with Gasteiger partial charge in [-0.05, 0) is 30.2 Å². The van der Waals surface area contributed by atoms with Crippen LogP contribution in [0.4, 0.5) is 0 Å². The number of carboxylic acid groups (broad SMARTS) is 1. The van der Waals surface area contributed by atoms with E-state index >= 15 is 0 Å². The van der Waals surface area contributed by atoms with E-state index in [1.165, 1.54) is 6.08 Å². The van der Waals surface area contributed by atoms with Crippen molar-refractivity contribution in [2.75, 3.05) is 6.54 Å². The topological polar surface area (TPSA) is 90.2 Å². The molecule has 1 amide bonds. The molecule has 0 aliphatic rings. The first-order valence-electron chi connectivity index (χ1n) is 6.22. The van der Waals surface area contributed by atoms with Crippen molar-refractivity contribution < 1.29 is 14.7 Å². The van der Waals surface area contributed by atoms with E-state index in [1.807, 2.05) is 6.07 Å². The average Bonchev–Trinajstić information content (AvgIpc) is 2.45. The summed E-state index contributed by atoms with van der Waals surface area (Å²) in [7, 11) is 0. The maximum atomic E-state index is 11.5. The molecular weight excluding hydrogens is 256 g/mol. The first kappa shape index (κ1) is 15.4. The van der Waals surface area contributed by atoms with Gasteiger partial charge in [-0.25, -0.2) is 0 Å². The van der Waals surface area contributed by atoms with Gasteiger partial charge in [0.2, 0.25) is 5.91 Å². The number of benzene rings is 1. The third kappa shape index (κ3) is 5.36. The molecule has 0 bridgehead atoms. The number of carboxylic acids is 1. The number of hydrogen-bond acceptors (Lipinski definition) is 3. The van der Waals surface area contributed by atoms with Crippen LogP contribution < -0.4 is 5.32 Å². The minimum atomic E-state index is -0.872. The van der Waals surface area contributed by atoms with Gasteiger partial charge in [0.25, 0.3) is 0 Å². The van der Waals surface area contributed by atoms with Crippen LogP contribution in [-0.2, 0) is 9.59 Å². The highest BCUT2D eigenvalue weighted by atomic mass is 16.4. The lowest BCUT2D eigenvalue weighted by Gasteiger charge is -2.05. The monoisotopic (exact) mass is 272 g/mol. The van der Waals surface area contributed by atoms with Crippen LogP contribution in [0.25, 0.3) is 6.08 Å². The second-order valence-electron chi connectivity index (χ2n) is 4.39. The van der Waals surface area contributed by atoms with Crippen LogP contribution in [0.15, 0.2) is 30.3 Å². The molecule has 2 N–H and O–H groups in total. The Labute approximate surface area is 117 Å². The van der Waals surface area contributed by atoms with Crippen molar-refractivity contribution in [2.24, 2.45) is 5.92 Å². The summed E-state index contributed by atoms with van der Waals surface area (Å²) in [6, 6.07) is 8.91. The number of nitrogens with one attached hydrogen (secondary N) is 1. The summed E-state index contributed by atoms with van der Waals surface area (Å²) in [4.78, 5) is 22.1. The number of nitrogens with zero attached hydrogens (tertiary/aromatic N) is 1. The van der Waals surface area contributed by atoms with Gasteiger partial charge < -0.3 is 10.4 Å². The van der Waals surface area contributed by atoms with E-state index < -0.39 is 11.9 Å². The smallest absolute Gasteiger partial charge is 0.306 e. The highest BCUT2D eigenvalue weighted by molar-refractivity contribution is 5.91. The van der Waals surface area contributed by atoms with Gasteiger partial charge in [0.05, 0.1) is 17.6 Å². The van der Waals surface area contributed by atoms with Crippen LogP contribution in [0.2, 0.25) is 0 Å². The van der Waals surface area contributed by atoms with Gasteiger partial charge in [-0.3, -0.25) is 9.59 Å². The average molecular weight is 272 g/mol. The summed E-state index contributed by atoms with van der Waals surface area (Å²) in [5.74, 6) is -1.64. The Hall–Kier alpha value is -2.61. The number of nitriles is 1. The number of carbonyl (C=O) groups excluding carboxylic acids is 1. The highest BCUT2D eigenvalue weighted by Crippen LogP contribution is 2.06. The molecule has 1 aromatic carbocycles. The van der Waals surface area contributed by atoms with Crippen molar-refractivity contribution in [1.82, 2.24) is 5.32 Å². The van der Waals surface area contributed by atoms with Gasteiger partial charge in [0, 0.05) is 12.6 Å². The first-order valence-corrected chi connectivity index (χ1v) is 6.22. The van der Waals surface area contributed by atoms with Gasteiger partial charge >= 0.3 is 5.97 Å². The van der Waals surface area contributed by atoms with E-state index in [1.54, 1.807) is 37.3 Å². The zero-order valence-electron chi connectivity index (χ0n) is 11.2. The minimum absolute atomic E-state index is 0.287. The molecule has 0 fully saturated rings. The largest absolute Gasteiger partial charge is 0.481 e. The third-order valence-electron chi connectivity index (χ3n) is 2.74. The fourth-order valence-electron chi connectivity index (χ4n) is 1.48. The predicted octanol–water partition coefficient (Wildman–Crippen LogP) is 1.80. The molecule has 5 heteroatoms. The molecule has 0 radical (unpaired) electrons. The van der Waals surface area contributed by atoms with E-state index in [4.69, 9.17) is 10.4 Å². The SMILES string of the molecule is CC(CCNC(=O)/C=C/c1cccc(C#N)c1)C(=O)O. The van der Waals surface area contributed by atoms with Gasteiger partial charge in [0.15, 0.2) is 0 Å². The summed E-state index contributed by atoms with van der Waals surface area (Å²) in [5, 5.41) is 20.1. The van der Waals surface area contributed by atoms with E-state index in [9.17, 15) is 9.59 Å². The van der Waals surface area contributed by atoms with Gasteiger partial charge in [-0.1, -0.05) is 19.1 Å². The number of hydrogen-bond donors (Lipinski definition) is 2. The minimum Gasteiger partial charge on any atom is -0.481 e. The number of rotatable bonds is 6. The van der Waals surface area contributed by atoms with Crippen molar-refractivity contribution in [1.29, 1.82) is 5.26 Å². The van der Waals surface area contributed by atoms with E-state index in [-0.39, 0.29) is 5.91 Å². The van der Waals surface area contributed by atoms with E-state index in [2.05, 4.69) is 5.32 Å². The molecule has 1 atom stereocenters. The van der Waals surface area contributed by atoms with Crippen LogP contribution in [-0.4, -0.2) is 23.5 Å². The van der Waals surface area contributed by atoms with Gasteiger partial charge in [-0.2, -0.15) is 5.26 Å². The Kier molecular flexibility index (Phi) is 5.98. The second kappa shape index (κ2) is 7.74. The Morgan fingerprint density at radius 3 is 2.90 bits per heavy atom. The summed E-state index contributed by atoms with van der Waals surface area (Å²) < 4.78 is 0. The number of carbonyl (C=O) groups is 2. The van der Waals surface area contributed by atoms with Crippen LogP contribution in [0, 0.1) is 17.2 Å². The molecule has 0 spiro atoms.